The van der Waals surface area contributed by atoms with Gasteiger partial charge in [-0.05, 0) is 19.4 Å². The van der Waals surface area contributed by atoms with Crippen molar-refractivity contribution in [1.82, 2.24) is 9.78 Å². The fourth-order valence-electron chi connectivity index (χ4n) is 2.29. The molecule has 1 aromatic carbocycles. The van der Waals surface area contributed by atoms with E-state index >= 15 is 0 Å². The van der Waals surface area contributed by atoms with E-state index in [0.717, 1.165) is 5.56 Å². The van der Waals surface area contributed by atoms with E-state index in [-0.39, 0.29) is 24.4 Å². The number of hydrogen-bond donors (Lipinski definition) is 0. The van der Waals surface area contributed by atoms with Crippen molar-refractivity contribution in [3.63, 3.8) is 0 Å². The Bertz CT molecular complexity index is 660. The molecule has 0 spiro atoms. The smallest absolute Gasteiger partial charge is 0.342 e. The second kappa shape index (κ2) is 6.35. The zero-order valence-corrected chi connectivity index (χ0v) is 12.4. The number of ketones is 1. The first-order chi connectivity index (χ1) is 10.0. The number of hydrogen-bond acceptors (Lipinski definition) is 4. The minimum Gasteiger partial charge on any atom is -0.462 e. The molecule has 21 heavy (non-hydrogen) atoms. The average Bonchev–Trinajstić information content (AvgIpc) is 2.75. The Labute approximate surface area is 123 Å². The zero-order valence-electron chi connectivity index (χ0n) is 12.4. The van der Waals surface area contributed by atoms with Gasteiger partial charge in [0, 0.05) is 13.5 Å². The minimum atomic E-state index is -0.500. The summed E-state index contributed by atoms with van der Waals surface area (Å²) in [6.45, 7) is 3.69. The molecule has 110 valence electrons. The van der Waals surface area contributed by atoms with Gasteiger partial charge in [0.25, 0.3) is 0 Å². The highest BCUT2D eigenvalue weighted by molar-refractivity contribution is 6.06. The van der Waals surface area contributed by atoms with Crippen LogP contribution >= 0.6 is 0 Å². The molecule has 2 aromatic rings. The normalized spacial score (nSPS) is 10.4. The first kappa shape index (κ1) is 15.0. The summed E-state index contributed by atoms with van der Waals surface area (Å²) < 4.78 is 6.47. The lowest BCUT2D eigenvalue weighted by atomic mass is 10.0. The maximum atomic E-state index is 12.5. The Hall–Kier alpha value is -2.43. The van der Waals surface area contributed by atoms with Crippen LogP contribution in [0.1, 0.15) is 39.0 Å². The van der Waals surface area contributed by atoms with E-state index in [1.54, 1.807) is 20.9 Å². The number of aromatic nitrogens is 2. The van der Waals surface area contributed by atoms with E-state index in [4.69, 9.17) is 4.74 Å². The van der Waals surface area contributed by atoms with Crippen molar-refractivity contribution < 1.29 is 14.3 Å². The molecule has 1 heterocycles. The van der Waals surface area contributed by atoms with Gasteiger partial charge in [-0.3, -0.25) is 9.48 Å². The summed E-state index contributed by atoms with van der Waals surface area (Å²) in [5.41, 5.74) is 1.97. The molecule has 0 aliphatic carbocycles. The van der Waals surface area contributed by atoms with Gasteiger partial charge in [-0.1, -0.05) is 30.3 Å². The molecule has 0 atom stereocenters. The number of aryl methyl sites for hydroxylation is 2. The minimum absolute atomic E-state index is 0.146. The maximum absolute atomic E-state index is 12.5. The van der Waals surface area contributed by atoms with Crippen LogP contribution in [0.25, 0.3) is 0 Å². The van der Waals surface area contributed by atoms with Gasteiger partial charge >= 0.3 is 5.97 Å². The van der Waals surface area contributed by atoms with E-state index in [9.17, 15) is 9.59 Å². The van der Waals surface area contributed by atoms with Crippen LogP contribution in [0, 0.1) is 6.92 Å². The van der Waals surface area contributed by atoms with Crippen LogP contribution < -0.4 is 0 Å². The highest BCUT2D eigenvalue weighted by Crippen LogP contribution is 2.17. The lowest BCUT2D eigenvalue weighted by Crippen LogP contribution is -2.16. The number of Topliss-reactive ketones (excluding diaryl/α,β-unsaturated/α-hetero) is 1. The number of ether oxygens (including phenoxy) is 1. The van der Waals surface area contributed by atoms with Crippen molar-refractivity contribution in [2.75, 3.05) is 6.61 Å². The third kappa shape index (κ3) is 3.18. The third-order valence-electron chi connectivity index (χ3n) is 3.17. The summed E-state index contributed by atoms with van der Waals surface area (Å²) in [4.78, 5) is 24.5. The molecule has 5 heteroatoms. The molecule has 0 amide bonds. The standard InChI is InChI=1S/C16H18N2O3/c1-4-21-16(20)14-11(2)17-18(3)15(14)13(19)10-12-8-6-5-7-9-12/h5-9H,4,10H2,1-3H3. The summed E-state index contributed by atoms with van der Waals surface area (Å²) >= 11 is 0. The van der Waals surface area contributed by atoms with Gasteiger partial charge in [0.05, 0.1) is 12.3 Å². The van der Waals surface area contributed by atoms with E-state index in [1.165, 1.54) is 4.68 Å². The molecule has 1 aromatic heterocycles. The van der Waals surface area contributed by atoms with Crippen molar-refractivity contribution in [2.24, 2.45) is 7.05 Å². The lowest BCUT2D eigenvalue weighted by Gasteiger charge is -2.06. The molecular weight excluding hydrogens is 268 g/mol. The monoisotopic (exact) mass is 286 g/mol. The van der Waals surface area contributed by atoms with E-state index < -0.39 is 5.97 Å². The van der Waals surface area contributed by atoms with Crippen molar-refractivity contribution in [3.8, 4) is 0 Å². The van der Waals surface area contributed by atoms with Crippen LogP contribution in [-0.4, -0.2) is 28.1 Å². The predicted octanol–water partition coefficient (Wildman–Crippen LogP) is 2.33. The number of rotatable bonds is 5. The molecule has 0 saturated heterocycles. The number of carbonyl (C=O) groups excluding carboxylic acids is 2. The van der Waals surface area contributed by atoms with Crippen LogP contribution in [0.15, 0.2) is 30.3 Å². The molecule has 0 aliphatic rings. The van der Waals surface area contributed by atoms with E-state index in [2.05, 4.69) is 5.10 Å². The van der Waals surface area contributed by atoms with Gasteiger partial charge in [0.2, 0.25) is 0 Å². The maximum Gasteiger partial charge on any atom is 0.342 e. The molecular formula is C16H18N2O3. The third-order valence-corrected chi connectivity index (χ3v) is 3.17. The van der Waals surface area contributed by atoms with Crippen LogP contribution in [0.5, 0.6) is 0 Å². The molecule has 5 nitrogen and oxygen atoms in total. The van der Waals surface area contributed by atoms with E-state index in [1.807, 2.05) is 30.3 Å². The Balaban J connectivity index is 2.34. The van der Waals surface area contributed by atoms with Crippen LogP contribution in [0.2, 0.25) is 0 Å². The second-order valence-electron chi connectivity index (χ2n) is 4.74. The molecule has 2 rings (SSSR count). The molecule has 0 N–H and O–H groups in total. The Morgan fingerprint density at radius 2 is 1.90 bits per heavy atom. The van der Waals surface area contributed by atoms with E-state index in [0.29, 0.717) is 11.4 Å². The SMILES string of the molecule is CCOC(=O)c1c(C)nn(C)c1C(=O)Cc1ccccc1. The number of benzene rings is 1. The molecule has 0 bridgehead atoms. The van der Waals surface area contributed by atoms with Crippen LogP contribution in [0.4, 0.5) is 0 Å². The fourth-order valence-corrected chi connectivity index (χ4v) is 2.29. The summed E-state index contributed by atoms with van der Waals surface area (Å²) in [5, 5.41) is 4.17. The summed E-state index contributed by atoms with van der Waals surface area (Å²) in [5.74, 6) is -0.646. The van der Waals surface area contributed by atoms with Gasteiger partial charge in [-0.15, -0.1) is 0 Å². The largest absolute Gasteiger partial charge is 0.462 e. The first-order valence-corrected chi connectivity index (χ1v) is 6.82. The molecule has 0 unspecified atom stereocenters. The zero-order chi connectivity index (χ0) is 15.4. The average molecular weight is 286 g/mol. The fraction of sp³-hybridized carbons (Fsp3) is 0.312. The number of esters is 1. The Kier molecular flexibility index (Phi) is 4.52. The molecule has 0 radical (unpaired) electrons. The summed E-state index contributed by atoms with van der Waals surface area (Å²) in [6, 6.07) is 9.41. The Morgan fingerprint density at radius 3 is 2.52 bits per heavy atom. The highest BCUT2D eigenvalue weighted by Gasteiger charge is 2.26. The van der Waals surface area contributed by atoms with Gasteiger partial charge in [-0.2, -0.15) is 5.10 Å². The Morgan fingerprint density at radius 1 is 1.24 bits per heavy atom. The molecule has 0 aliphatic heterocycles. The van der Waals surface area contributed by atoms with Gasteiger partial charge < -0.3 is 4.74 Å². The topological polar surface area (TPSA) is 61.2 Å². The van der Waals surface area contributed by atoms with Crippen molar-refractivity contribution in [1.29, 1.82) is 0 Å². The summed E-state index contributed by atoms with van der Waals surface area (Å²) in [6.07, 6.45) is 0.228. The summed E-state index contributed by atoms with van der Waals surface area (Å²) in [7, 11) is 1.66. The van der Waals surface area contributed by atoms with Crippen LogP contribution in [-0.2, 0) is 18.2 Å². The van der Waals surface area contributed by atoms with Gasteiger partial charge in [-0.25, -0.2) is 4.79 Å². The lowest BCUT2D eigenvalue weighted by molar-refractivity contribution is 0.0522. The molecule has 0 fully saturated rings. The van der Waals surface area contributed by atoms with Crippen molar-refractivity contribution in [2.45, 2.75) is 20.3 Å². The number of carbonyl (C=O) groups is 2. The highest BCUT2D eigenvalue weighted by atomic mass is 16.5. The molecule has 0 saturated carbocycles. The predicted molar refractivity (Wildman–Crippen MR) is 78.4 cm³/mol. The van der Waals surface area contributed by atoms with Crippen molar-refractivity contribution >= 4 is 11.8 Å². The van der Waals surface area contributed by atoms with Crippen molar-refractivity contribution in [3.05, 3.63) is 52.8 Å². The quantitative estimate of drug-likeness (QED) is 0.625. The van der Waals surface area contributed by atoms with Crippen LogP contribution in [0.3, 0.4) is 0 Å². The van der Waals surface area contributed by atoms with Gasteiger partial charge in [0.1, 0.15) is 11.3 Å². The van der Waals surface area contributed by atoms with Gasteiger partial charge in [0.15, 0.2) is 5.78 Å². The first-order valence-electron chi connectivity index (χ1n) is 6.82. The number of nitrogens with zero attached hydrogens (tertiary/aromatic N) is 2. The second-order valence-corrected chi connectivity index (χ2v) is 4.74.